The molecule has 0 saturated heterocycles. The number of nitrogens with one attached hydrogen (secondary N) is 2. The van der Waals surface area contributed by atoms with Crippen LogP contribution in [0.25, 0.3) is 0 Å². The number of anilines is 1. The third kappa shape index (κ3) is 1.99. The maximum atomic E-state index is 11.4. The van der Waals surface area contributed by atoms with E-state index in [1.54, 1.807) is 0 Å². The van der Waals surface area contributed by atoms with E-state index in [1.165, 1.54) is 12.1 Å². The number of hydrazine groups is 1. The Balaban J connectivity index is 2.37. The number of rotatable bonds is 3. The number of hydrogen-bond donors (Lipinski definition) is 3. The van der Waals surface area contributed by atoms with Crippen molar-refractivity contribution in [1.82, 2.24) is 19.4 Å². The van der Waals surface area contributed by atoms with Crippen LogP contribution in [0.1, 0.15) is 5.69 Å². The van der Waals surface area contributed by atoms with Gasteiger partial charge in [-0.05, 0) is 0 Å². The van der Waals surface area contributed by atoms with E-state index in [4.69, 9.17) is 5.84 Å². The maximum absolute atomic E-state index is 11.4. The molecule has 0 aliphatic heterocycles. The van der Waals surface area contributed by atoms with Gasteiger partial charge in [-0.15, -0.1) is 5.10 Å². The number of aromatic nitrogens is 4. The summed E-state index contributed by atoms with van der Waals surface area (Å²) < 4.78 is 4.82. The molecule has 0 aromatic carbocycles. The monoisotopic (exact) mass is 240 g/mol. The second-order valence-corrected chi connectivity index (χ2v) is 3.68. The SMILES string of the molecule is NNc1snnc1Cn1[nH]c(=O)ccc1=O. The first-order chi connectivity index (χ1) is 7.70. The summed E-state index contributed by atoms with van der Waals surface area (Å²) in [5.74, 6) is 5.24. The second kappa shape index (κ2) is 4.24. The molecule has 84 valence electrons. The quantitative estimate of drug-likeness (QED) is 0.454. The van der Waals surface area contributed by atoms with E-state index >= 15 is 0 Å². The van der Waals surface area contributed by atoms with Crippen LogP contribution in [-0.2, 0) is 6.54 Å². The molecular formula is C7H8N6O2S. The molecule has 0 saturated carbocycles. The van der Waals surface area contributed by atoms with Crippen molar-refractivity contribution in [1.29, 1.82) is 0 Å². The average molecular weight is 240 g/mol. The van der Waals surface area contributed by atoms with E-state index in [2.05, 4.69) is 20.1 Å². The van der Waals surface area contributed by atoms with Gasteiger partial charge in [0.05, 0.1) is 6.54 Å². The largest absolute Gasteiger partial charge is 0.313 e. The summed E-state index contributed by atoms with van der Waals surface area (Å²) in [4.78, 5) is 22.4. The molecule has 2 aromatic rings. The predicted octanol–water partition coefficient (Wildman–Crippen LogP) is -1.28. The van der Waals surface area contributed by atoms with Crippen molar-refractivity contribution >= 4 is 16.5 Å². The predicted molar refractivity (Wildman–Crippen MR) is 58.1 cm³/mol. The Kier molecular flexibility index (Phi) is 2.79. The normalized spacial score (nSPS) is 10.3. The highest BCUT2D eigenvalue weighted by atomic mass is 32.1. The van der Waals surface area contributed by atoms with Gasteiger partial charge in [0.1, 0.15) is 10.7 Å². The fraction of sp³-hybridized carbons (Fsp3) is 0.143. The van der Waals surface area contributed by atoms with Gasteiger partial charge >= 0.3 is 0 Å². The summed E-state index contributed by atoms with van der Waals surface area (Å²) in [5, 5.41) is 6.73. The molecule has 0 unspecified atom stereocenters. The van der Waals surface area contributed by atoms with E-state index in [-0.39, 0.29) is 17.7 Å². The Bertz CT molecular complexity index is 599. The van der Waals surface area contributed by atoms with Gasteiger partial charge in [0.15, 0.2) is 0 Å². The molecule has 0 aliphatic carbocycles. The maximum Gasteiger partial charge on any atom is 0.265 e. The molecule has 0 atom stereocenters. The van der Waals surface area contributed by atoms with Crippen LogP contribution < -0.4 is 22.4 Å². The Hall–Kier alpha value is -2.00. The standard InChI is InChI=1S/C7H8N6O2S/c8-9-7-4(10-12-16-7)3-13-6(15)2-1-5(14)11-13/h1-2,9H,3,8H2,(H,11,14). The first kappa shape index (κ1) is 10.5. The van der Waals surface area contributed by atoms with Crippen molar-refractivity contribution in [2.24, 2.45) is 5.84 Å². The van der Waals surface area contributed by atoms with E-state index in [9.17, 15) is 9.59 Å². The van der Waals surface area contributed by atoms with Gasteiger partial charge in [-0.25, -0.2) is 10.5 Å². The van der Waals surface area contributed by atoms with Gasteiger partial charge in [-0.3, -0.25) is 14.7 Å². The first-order valence-corrected chi connectivity index (χ1v) is 5.06. The third-order valence-electron chi connectivity index (χ3n) is 1.88. The van der Waals surface area contributed by atoms with Crippen molar-refractivity contribution in [2.45, 2.75) is 6.54 Å². The number of nitrogens with two attached hydrogens (primary N) is 1. The lowest BCUT2D eigenvalue weighted by atomic mass is 10.4. The van der Waals surface area contributed by atoms with Crippen molar-refractivity contribution in [3.8, 4) is 0 Å². The highest BCUT2D eigenvalue weighted by Crippen LogP contribution is 2.15. The van der Waals surface area contributed by atoms with Crippen LogP contribution in [0, 0.1) is 0 Å². The zero-order chi connectivity index (χ0) is 11.5. The van der Waals surface area contributed by atoms with Crippen LogP contribution in [0.15, 0.2) is 21.7 Å². The fourth-order valence-electron chi connectivity index (χ4n) is 1.15. The summed E-state index contributed by atoms with van der Waals surface area (Å²) in [7, 11) is 0. The van der Waals surface area contributed by atoms with Crippen molar-refractivity contribution in [3.05, 3.63) is 38.5 Å². The molecule has 0 aliphatic rings. The Labute approximate surface area is 92.8 Å². The zero-order valence-corrected chi connectivity index (χ0v) is 8.82. The zero-order valence-electron chi connectivity index (χ0n) is 8.01. The number of nitrogens with zero attached hydrogens (tertiary/aromatic N) is 3. The van der Waals surface area contributed by atoms with Gasteiger partial charge in [-0.2, -0.15) is 0 Å². The minimum Gasteiger partial charge on any atom is -0.313 e. The Morgan fingerprint density at radius 3 is 3.06 bits per heavy atom. The number of aromatic amines is 1. The second-order valence-electron chi connectivity index (χ2n) is 2.93. The highest BCUT2D eigenvalue weighted by Gasteiger charge is 2.08. The van der Waals surface area contributed by atoms with Gasteiger partial charge < -0.3 is 5.43 Å². The van der Waals surface area contributed by atoms with E-state index in [1.807, 2.05) is 0 Å². The molecule has 0 spiro atoms. The molecule has 4 N–H and O–H groups in total. The molecule has 8 nitrogen and oxygen atoms in total. The smallest absolute Gasteiger partial charge is 0.265 e. The number of nitrogen functional groups attached to an aromatic ring is 1. The van der Waals surface area contributed by atoms with Crippen LogP contribution >= 0.6 is 11.5 Å². The van der Waals surface area contributed by atoms with E-state index < -0.39 is 0 Å². The van der Waals surface area contributed by atoms with Crippen LogP contribution in [0.4, 0.5) is 5.00 Å². The molecular weight excluding hydrogens is 232 g/mol. The van der Waals surface area contributed by atoms with Crippen molar-refractivity contribution in [3.63, 3.8) is 0 Å². The summed E-state index contributed by atoms with van der Waals surface area (Å²) in [6, 6.07) is 2.36. The van der Waals surface area contributed by atoms with Crippen LogP contribution in [0.3, 0.4) is 0 Å². The summed E-state index contributed by atoms with van der Waals surface area (Å²) in [6.45, 7) is 0.116. The topological polar surface area (TPSA) is 119 Å². The average Bonchev–Trinajstić information content (AvgIpc) is 2.71. The summed E-state index contributed by atoms with van der Waals surface area (Å²) in [5.41, 5.74) is 2.23. The summed E-state index contributed by atoms with van der Waals surface area (Å²) in [6.07, 6.45) is 0. The molecule has 9 heteroatoms. The molecule has 16 heavy (non-hydrogen) atoms. The van der Waals surface area contributed by atoms with E-state index in [0.29, 0.717) is 10.7 Å². The lowest BCUT2D eigenvalue weighted by Crippen LogP contribution is -2.28. The molecule has 0 amide bonds. The summed E-state index contributed by atoms with van der Waals surface area (Å²) >= 11 is 1.07. The minimum atomic E-state index is -0.356. The highest BCUT2D eigenvalue weighted by molar-refractivity contribution is 7.10. The lowest BCUT2D eigenvalue weighted by Gasteiger charge is -2.03. The van der Waals surface area contributed by atoms with Gasteiger partial charge in [-0.1, -0.05) is 4.49 Å². The fourth-order valence-corrected chi connectivity index (χ4v) is 1.64. The van der Waals surface area contributed by atoms with E-state index in [0.717, 1.165) is 16.2 Å². The Morgan fingerprint density at radius 2 is 2.31 bits per heavy atom. The molecule has 2 aromatic heterocycles. The Morgan fingerprint density at radius 1 is 1.50 bits per heavy atom. The number of hydrogen-bond acceptors (Lipinski definition) is 7. The molecule has 2 heterocycles. The van der Waals surface area contributed by atoms with Crippen LogP contribution in [-0.4, -0.2) is 19.4 Å². The first-order valence-electron chi connectivity index (χ1n) is 4.28. The van der Waals surface area contributed by atoms with Crippen LogP contribution in [0.5, 0.6) is 0 Å². The van der Waals surface area contributed by atoms with Gasteiger partial charge in [0.2, 0.25) is 0 Å². The van der Waals surface area contributed by atoms with Crippen molar-refractivity contribution in [2.75, 3.05) is 5.43 Å². The third-order valence-corrected chi connectivity index (χ3v) is 2.58. The van der Waals surface area contributed by atoms with Crippen LogP contribution in [0.2, 0.25) is 0 Å². The van der Waals surface area contributed by atoms with Crippen molar-refractivity contribution < 1.29 is 0 Å². The lowest BCUT2D eigenvalue weighted by molar-refractivity contribution is 0.616. The molecule has 0 fully saturated rings. The molecule has 2 rings (SSSR count). The molecule has 0 bridgehead atoms. The van der Waals surface area contributed by atoms with Gasteiger partial charge in [0, 0.05) is 23.7 Å². The number of H-pyrrole nitrogens is 1. The van der Waals surface area contributed by atoms with Gasteiger partial charge in [0.25, 0.3) is 11.1 Å². The molecule has 0 radical (unpaired) electrons. The minimum absolute atomic E-state index is 0.116.